The molecule has 1 aromatic heterocycles. The Balaban J connectivity index is 2.22. The fourth-order valence-corrected chi connectivity index (χ4v) is 1.97. The molecule has 1 saturated heterocycles. The van der Waals surface area contributed by atoms with Gasteiger partial charge in [-0.05, 0) is 12.5 Å². The van der Waals surface area contributed by atoms with Gasteiger partial charge >= 0.3 is 0 Å². The van der Waals surface area contributed by atoms with Crippen LogP contribution >= 0.6 is 0 Å². The lowest BCUT2D eigenvalue weighted by atomic mass is 9.93. The number of nitrogens with two attached hydrogens (primary N) is 2. The quantitative estimate of drug-likeness (QED) is 0.488. The topological polar surface area (TPSA) is 86.2 Å². The van der Waals surface area contributed by atoms with Crippen molar-refractivity contribution in [2.45, 2.75) is 12.5 Å². The molecule has 0 aliphatic carbocycles. The normalized spacial score (nSPS) is 22.9. The Bertz CT molecular complexity index is 325. The Hall–Kier alpha value is -1.17. The second-order valence-electron chi connectivity index (χ2n) is 3.77. The maximum atomic E-state index is 5.89. The molecule has 2 heterocycles. The third-order valence-electron chi connectivity index (χ3n) is 2.84. The summed E-state index contributed by atoms with van der Waals surface area (Å²) in [5, 5.41) is 0. The van der Waals surface area contributed by atoms with E-state index in [4.69, 9.17) is 16.3 Å². The first-order valence-corrected chi connectivity index (χ1v) is 5.06. The number of anilines is 1. The Morgan fingerprint density at radius 3 is 3.07 bits per heavy atom. The molecule has 15 heavy (non-hydrogen) atoms. The van der Waals surface area contributed by atoms with Gasteiger partial charge in [0.1, 0.15) is 0 Å². The van der Waals surface area contributed by atoms with Crippen molar-refractivity contribution < 1.29 is 4.74 Å². The van der Waals surface area contributed by atoms with E-state index in [-0.39, 0.29) is 6.04 Å². The lowest BCUT2D eigenvalue weighted by molar-refractivity contribution is 0.177. The van der Waals surface area contributed by atoms with Gasteiger partial charge in [-0.2, -0.15) is 0 Å². The van der Waals surface area contributed by atoms with Crippen LogP contribution in [-0.2, 0) is 4.74 Å². The van der Waals surface area contributed by atoms with Crippen molar-refractivity contribution >= 4 is 5.69 Å². The van der Waals surface area contributed by atoms with Crippen LogP contribution < -0.4 is 17.0 Å². The number of hydrogen-bond acceptors (Lipinski definition) is 5. The van der Waals surface area contributed by atoms with Crippen molar-refractivity contribution in [3.63, 3.8) is 0 Å². The van der Waals surface area contributed by atoms with E-state index in [9.17, 15) is 0 Å². The molecule has 2 rings (SSSR count). The van der Waals surface area contributed by atoms with Crippen LogP contribution in [0.3, 0.4) is 0 Å². The summed E-state index contributed by atoms with van der Waals surface area (Å²) < 4.78 is 5.34. The summed E-state index contributed by atoms with van der Waals surface area (Å²) in [5.74, 6) is 5.94. The third-order valence-corrected chi connectivity index (χ3v) is 2.84. The van der Waals surface area contributed by atoms with Gasteiger partial charge < -0.3 is 10.5 Å². The Kier molecular flexibility index (Phi) is 3.15. The van der Waals surface area contributed by atoms with Gasteiger partial charge in [-0.15, -0.1) is 0 Å². The van der Waals surface area contributed by atoms with E-state index in [0.717, 1.165) is 30.9 Å². The first-order chi connectivity index (χ1) is 7.33. The molecule has 1 aromatic rings. The average molecular weight is 208 g/mol. The number of pyridine rings is 1. The van der Waals surface area contributed by atoms with Crippen molar-refractivity contribution in [3.05, 3.63) is 24.0 Å². The molecular formula is C10H16N4O. The zero-order chi connectivity index (χ0) is 10.7. The highest BCUT2D eigenvalue weighted by Gasteiger charge is 2.27. The number of aromatic nitrogens is 1. The van der Waals surface area contributed by atoms with Crippen LogP contribution in [0, 0.1) is 5.92 Å². The Morgan fingerprint density at radius 1 is 1.60 bits per heavy atom. The Morgan fingerprint density at radius 2 is 2.47 bits per heavy atom. The fraction of sp³-hybridized carbons (Fsp3) is 0.500. The summed E-state index contributed by atoms with van der Waals surface area (Å²) in [6, 6.07) is 1.82. The molecule has 0 bridgehead atoms. The lowest BCUT2D eigenvalue weighted by Crippen LogP contribution is -2.34. The van der Waals surface area contributed by atoms with E-state index in [1.165, 1.54) is 0 Å². The maximum absolute atomic E-state index is 5.89. The molecule has 0 radical (unpaired) electrons. The molecule has 2 atom stereocenters. The zero-order valence-corrected chi connectivity index (χ0v) is 8.52. The van der Waals surface area contributed by atoms with Gasteiger partial charge in [-0.3, -0.25) is 16.3 Å². The predicted molar refractivity (Wildman–Crippen MR) is 57.6 cm³/mol. The average Bonchev–Trinajstić information content (AvgIpc) is 2.75. The van der Waals surface area contributed by atoms with Gasteiger partial charge in [0.15, 0.2) is 0 Å². The molecule has 2 unspecified atom stereocenters. The highest BCUT2D eigenvalue weighted by Crippen LogP contribution is 2.30. The minimum atomic E-state index is 0.0289. The summed E-state index contributed by atoms with van der Waals surface area (Å²) in [7, 11) is 0. The summed E-state index contributed by atoms with van der Waals surface area (Å²) in [4.78, 5) is 4.07. The molecule has 1 aliphatic heterocycles. The molecule has 1 fully saturated rings. The number of hydrogen-bond donors (Lipinski definition) is 3. The number of rotatable bonds is 3. The zero-order valence-electron chi connectivity index (χ0n) is 8.52. The van der Waals surface area contributed by atoms with E-state index >= 15 is 0 Å². The van der Waals surface area contributed by atoms with Crippen LogP contribution in [-0.4, -0.2) is 18.2 Å². The van der Waals surface area contributed by atoms with Gasteiger partial charge in [-0.25, -0.2) is 0 Å². The minimum absolute atomic E-state index is 0.0289. The summed E-state index contributed by atoms with van der Waals surface area (Å²) in [6.07, 6.45) is 4.44. The van der Waals surface area contributed by atoms with Crippen LogP contribution in [0.25, 0.3) is 0 Å². The summed E-state index contributed by atoms with van der Waals surface area (Å²) in [6.45, 7) is 1.52. The van der Waals surface area contributed by atoms with Crippen molar-refractivity contribution in [1.29, 1.82) is 0 Å². The van der Waals surface area contributed by atoms with Gasteiger partial charge in [0.2, 0.25) is 0 Å². The monoisotopic (exact) mass is 208 g/mol. The molecule has 82 valence electrons. The van der Waals surface area contributed by atoms with Crippen molar-refractivity contribution in [2.24, 2.45) is 11.8 Å². The summed E-state index contributed by atoms with van der Waals surface area (Å²) >= 11 is 0. The molecule has 0 saturated carbocycles. The third kappa shape index (κ3) is 2.09. The van der Waals surface area contributed by atoms with Crippen molar-refractivity contribution in [3.8, 4) is 0 Å². The molecule has 1 aliphatic rings. The molecule has 0 spiro atoms. The highest BCUT2D eigenvalue weighted by molar-refractivity contribution is 5.46. The number of nitrogens with zero attached hydrogens (tertiary/aromatic N) is 1. The highest BCUT2D eigenvalue weighted by atomic mass is 16.5. The van der Waals surface area contributed by atoms with Crippen LogP contribution in [0.4, 0.5) is 5.69 Å². The number of hydrazine groups is 1. The first-order valence-electron chi connectivity index (χ1n) is 5.06. The largest absolute Gasteiger partial charge is 0.398 e. The number of nitrogen functional groups attached to an aromatic ring is 1. The first kappa shape index (κ1) is 10.4. The Labute approximate surface area is 88.8 Å². The molecule has 0 aromatic carbocycles. The number of ether oxygens (including phenoxy) is 1. The van der Waals surface area contributed by atoms with Crippen molar-refractivity contribution in [2.75, 3.05) is 18.9 Å². The van der Waals surface area contributed by atoms with E-state index in [2.05, 4.69) is 10.4 Å². The smallest absolute Gasteiger partial charge is 0.0546 e. The van der Waals surface area contributed by atoms with E-state index in [1.54, 1.807) is 18.5 Å². The van der Waals surface area contributed by atoms with Gasteiger partial charge in [0.05, 0.1) is 12.6 Å². The van der Waals surface area contributed by atoms with E-state index in [0.29, 0.717) is 5.92 Å². The van der Waals surface area contributed by atoms with E-state index < -0.39 is 0 Å². The van der Waals surface area contributed by atoms with Crippen LogP contribution in [0.5, 0.6) is 0 Å². The number of nitrogens with one attached hydrogen (secondary N) is 1. The second-order valence-corrected chi connectivity index (χ2v) is 3.77. The molecule has 5 N–H and O–H groups in total. The molecule has 0 amide bonds. The molecular weight excluding hydrogens is 192 g/mol. The SMILES string of the molecule is NNC(c1cnccc1N)C1CCOC1. The maximum Gasteiger partial charge on any atom is 0.0546 e. The van der Waals surface area contributed by atoms with Crippen molar-refractivity contribution in [1.82, 2.24) is 10.4 Å². The van der Waals surface area contributed by atoms with Crippen LogP contribution in [0.1, 0.15) is 18.0 Å². The lowest BCUT2D eigenvalue weighted by Gasteiger charge is -2.22. The predicted octanol–water partition coefficient (Wildman–Crippen LogP) is 0.205. The van der Waals surface area contributed by atoms with Gasteiger partial charge in [0, 0.05) is 36.2 Å². The minimum Gasteiger partial charge on any atom is -0.398 e. The van der Waals surface area contributed by atoms with Gasteiger partial charge in [-0.1, -0.05) is 0 Å². The summed E-state index contributed by atoms with van der Waals surface area (Å²) in [5.41, 5.74) is 10.4. The van der Waals surface area contributed by atoms with Crippen LogP contribution in [0.2, 0.25) is 0 Å². The van der Waals surface area contributed by atoms with E-state index in [1.807, 2.05) is 0 Å². The van der Waals surface area contributed by atoms with Crippen LogP contribution in [0.15, 0.2) is 18.5 Å². The molecule has 5 heteroatoms. The van der Waals surface area contributed by atoms with Gasteiger partial charge in [0.25, 0.3) is 0 Å². The fourth-order valence-electron chi connectivity index (χ4n) is 1.97. The standard InChI is InChI=1S/C10H16N4O/c11-9-1-3-13-5-8(9)10(14-12)7-2-4-15-6-7/h1,3,5,7,10,14H,2,4,6,12H2,(H2,11,13). The molecule has 5 nitrogen and oxygen atoms in total. The second kappa shape index (κ2) is 4.57.